The molecule has 0 fully saturated rings. The Hall–Kier alpha value is -2.81. The largest absolute Gasteiger partial charge is 0.285 e. The number of nitrogens with zero attached hydrogens (tertiary/aromatic N) is 2. The van der Waals surface area contributed by atoms with Crippen molar-refractivity contribution in [1.82, 2.24) is 0 Å². The van der Waals surface area contributed by atoms with Crippen molar-refractivity contribution in [1.29, 1.82) is 5.26 Å². The highest BCUT2D eigenvalue weighted by Gasteiger charge is 2.22. The first kappa shape index (κ1) is 10.7. The van der Waals surface area contributed by atoms with Gasteiger partial charge in [0.15, 0.2) is 0 Å². The molecular weight excluding hydrogens is 224 g/mol. The molecule has 82 valence electrons. The molecule has 0 radical (unpaired) electrons. The Labute approximate surface area is 94.2 Å². The summed E-state index contributed by atoms with van der Waals surface area (Å²) in [5.41, 5.74) is -1.46. The van der Waals surface area contributed by atoms with Crippen LogP contribution < -0.4 is 10.9 Å². The molecular formula is C11H4N2O4. The van der Waals surface area contributed by atoms with E-state index >= 15 is 0 Å². The van der Waals surface area contributed by atoms with Crippen molar-refractivity contribution in [3.05, 3.63) is 60.4 Å². The van der Waals surface area contributed by atoms with Gasteiger partial charge in [-0.3, -0.25) is 19.7 Å². The molecule has 0 heterocycles. The van der Waals surface area contributed by atoms with E-state index in [2.05, 4.69) is 0 Å². The molecule has 0 spiro atoms. The first-order valence-electron chi connectivity index (χ1n) is 4.54. The number of hydrogen-bond acceptors (Lipinski definition) is 5. The molecule has 0 aliphatic rings. The van der Waals surface area contributed by atoms with Gasteiger partial charge in [0.1, 0.15) is 11.6 Å². The summed E-state index contributed by atoms with van der Waals surface area (Å²) in [7, 11) is 0. The van der Waals surface area contributed by atoms with E-state index in [0.29, 0.717) is 5.56 Å². The van der Waals surface area contributed by atoms with Crippen LogP contribution in [-0.4, -0.2) is 4.92 Å². The fourth-order valence-electron chi connectivity index (χ4n) is 1.52. The van der Waals surface area contributed by atoms with Crippen LogP contribution >= 0.6 is 0 Å². The standard InChI is InChI=1S/C11H4N2O4/c12-5-8-9(11(15)10(8)14)6-1-3-7(4-2-6)13(16)17/h1-4H. The lowest BCUT2D eigenvalue weighted by Gasteiger charge is -2.04. The van der Waals surface area contributed by atoms with Crippen molar-refractivity contribution in [2.45, 2.75) is 0 Å². The van der Waals surface area contributed by atoms with Crippen molar-refractivity contribution in [3.63, 3.8) is 0 Å². The Bertz CT molecular complexity index is 715. The molecule has 0 aliphatic carbocycles. The zero-order valence-electron chi connectivity index (χ0n) is 8.34. The van der Waals surface area contributed by atoms with E-state index in [-0.39, 0.29) is 16.8 Å². The van der Waals surface area contributed by atoms with Gasteiger partial charge in [-0.15, -0.1) is 0 Å². The maximum absolute atomic E-state index is 11.3. The van der Waals surface area contributed by atoms with Gasteiger partial charge in [0.2, 0.25) is 10.9 Å². The molecule has 0 saturated heterocycles. The quantitative estimate of drug-likeness (QED) is 0.428. The SMILES string of the molecule is N#Cc1c(-c2ccc([N+](=O)[O-])cc2)c(=O)c1=O. The fourth-order valence-corrected chi connectivity index (χ4v) is 1.52. The number of hydrogen-bond donors (Lipinski definition) is 0. The summed E-state index contributed by atoms with van der Waals surface area (Å²) in [4.78, 5) is 32.1. The predicted octanol–water partition coefficient (Wildman–Crippen LogP) is 0.729. The molecule has 0 bridgehead atoms. The third-order valence-electron chi connectivity index (χ3n) is 2.39. The number of nitriles is 1. The normalized spacial score (nSPS) is 10.1. The number of rotatable bonds is 2. The third-order valence-corrected chi connectivity index (χ3v) is 2.39. The van der Waals surface area contributed by atoms with Crippen LogP contribution in [0.3, 0.4) is 0 Å². The van der Waals surface area contributed by atoms with Gasteiger partial charge in [-0.05, 0) is 17.7 Å². The Morgan fingerprint density at radius 2 is 1.71 bits per heavy atom. The molecule has 0 atom stereocenters. The highest BCUT2D eigenvalue weighted by atomic mass is 16.6. The first-order valence-corrected chi connectivity index (χ1v) is 4.54. The molecule has 0 aliphatic heterocycles. The minimum atomic E-state index is -0.805. The van der Waals surface area contributed by atoms with E-state index in [1.54, 1.807) is 6.07 Å². The van der Waals surface area contributed by atoms with Crippen LogP contribution in [0, 0.1) is 21.4 Å². The van der Waals surface area contributed by atoms with Gasteiger partial charge in [0.25, 0.3) is 5.69 Å². The molecule has 2 aromatic rings. The predicted molar refractivity (Wildman–Crippen MR) is 58.2 cm³/mol. The Morgan fingerprint density at radius 3 is 2.18 bits per heavy atom. The van der Waals surface area contributed by atoms with Crippen LogP contribution in [0.2, 0.25) is 0 Å². The van der Waals surface area contributed by atoms with E-state index in [0.717, 1.165) is 0 Å². The minimum absolute atomic E-state index is 0.0346. The summed E-state index contributed by atoms with van der Waals surface area (Å²) < 4.78 is 0. The molecule has 2 rings (SSSR count). The first-order chi connectivity index (χ1) is 8.06. The second kappa shape index (κ2) is 3.64. The molecule has 17 heavy (non-hydrogen) atoms. The lowest BCUT2D eigenvalue weighted by molar-refractivity contribution is -0.384. The Balaban J connectivity index is 2.53. The van der Waals surface area contributed by atoms with Gasteiger partial charge < -0.3 is 0 Å². The molecule has 6 heteroatoms. The smallest absolute Gasteiger partial charge is 0.269 e. The molecule has 0 amide bonds. The van der Waals surface area contributed by atoms with E-state index in [4.69, 9.17) is 5.26 Å². The Kier molecular flexibility index (Phi) is 2.29. The van der Waals surface area contributed by atoms with Gasteiger partial charge >= 0.3 is 0 Å². The van der Waals surface area contributed by atoms with Gasteiger partial charge in [-0.25, -0.2) is 0 Å². The van der Waals surface area contributed by atoms with Gasteiger partial charge in [-0.1, -0.05) is 0 Å². The van der Waals surface area contributed by atoms with Crippen molar-refractivity contribution < 1.29 is 4.92 Å². The second-order valence-electron chi connectivity index (χ2n) is 3.32. The molecule has 2 aromatic carbocycles. The van der Waals surface area contributed by atoms with E-state index in [9.17, 15) is 19.7 Å². The van der Waals surface area contributed by atoms with Crippen LogP contribution in [0.25, 0.3) is 11.1 Å². The molecule has 0 saturated carbocycles. The maximum Gasteiger partial charge on any atom is 0.269 e. The van der Waals surface area contributed by atoms with Gasteiger partial charge in [0.05, 0.1) is 10.5 Å². The molecule has 6 nitrogen and oxygen atoms in total. The van der Waals surface area contributed by atoms with Gasteiger partial charge in [-0.2, -0.15) is 5.26 Å². The zero-order valence-corrected chi connectivity index (χ0v) is 8.34. The topological polar surface area (TPSA) is 101 Å². The highest BCUT2D eigenvalue weighted by molar-refractivity contribution is 5.74. The van der Waals surface area contributed by atoms with E-state index < -0.39 is 15.8 Å². The van der Waals surface area contributed by atoms with Crippen LogP contribution in [0.1, 0.15) is 5.56 Å². The maximum atomic E-state index is 11.3. The molecule has 0 N–H and O–H groups in total. The summed E-state index contributed by atoms with van der Waals surface area (Å²) in [6.45, 7) is 0. The van der Waals surface area contributed by atoms with E-state index in [1.807, 2.05) is 0 Å². The number of benzene rings is 1. The third kappa shape index (κ3) is 1.50. The fraction of sp³-hybridized carbons (Fsp3) is 0. The average molecular weight is 228 g/mol. The van der Waals surface area contributed by atoms with Gasteiger partial charge in [0, 0.05) is 12.1 Å². The van der Waals surface area contributed by atoms with Crippen LogP contribution in [0.5, 0.6) is 0 Å². The number of non-ortho nitro benzene ring substituents is 1. The van der Waals surface area contributed by atoms with Crippen LogP contribution in [0.4, 0.5) is 5.69 Å². The average Bonchev–Trinajstić information content (AvgIpc) is 2.34. The van der Waals surface area contributed by atoms with Crippen molar-refractivity contribution in [3.8, 4) is 17.2 Å². The number of nitro benzene ring substituents is 1. The van der Waals surface area contributed by atoms with Crippen LogP contribution in [0.15, 0.2) is 33.9 Å². The van der Waals surface area contributed by atoms with E-state index in [1.165, 1.54) is 24.3 Å². The highest BCUT2D eigenvalue weighted by Crippen LogP contribution is 2.21. The van der Waals surface area contributed by atoms with Crippen molar-refractivity contribution >= 4 is 5.69 Å². The van der Waals surface area contributed by atoms with Crippen molar-refractivity contribution in [2.75, 3.05) is 0 Å². The van der Waals surface area contributed by atoms with Crippen LogP contribution in [-0.2, 0) is 0 Å². The lowest BCUT2D eigenvalue weighted by atomic mass is 9.95. The monoisotopic (exact) mass is 228 g/mol. The zero-order chi connectivity index (χ0) is 12.6. The minimum Gasteiger partial charge on any atom is -0.285 e. The number of nitro groups is 1. The molecule has 0 unspecified atom stereocenters. The molecule has 0 aromatic heterocycles. The summed E-state index contributed by atoms with van der Waals surface area (Å²) in [6, 6.07) is 6.76. The lowest BCUT2D eigenvalue weighted by Crippen LogP contribution is -2.36. The summed E-state index contributed by atoms with van der Waals surface area (Å²) in [5, 5.41) is 19.1. The Morgan fingerprint density at radius 1 is 1.12 bits per heavy atom. The summed E-state index contributed by atoms with van der Waals surface area (Å²) >= 11 is 0. The second-order valence-corrected chi connectivity index (χ2v) is 3.32. The summed E-state index contributed by atoms with van der Waals surface area (Å²) in [5.74, 6) is 0. The summed E-state index contributed by atoms with van der Waals surface area (Å²) in [6.07, 6.45) is 0. The van der Waals surface area contributed by atoms with Crippen molar-refractivity contribution in [2.24, 2.45) is 0 Å².